The molecule has 2 aromatic heterocycles. The molecule has 164 valence electrons. The van der Waals surface area contributed by atoms with Gasteiger partial charge < -0.3 is 14.0 Å². The van der Waals surface area contributed by atoms with E-state index in [4.69, 9.17) is 14.0 Å². The molecule has 4 rings (SSSR count). The molecule has 31 heavy (non-hydrogen) atoms. The molecule has 0 saturated carbocycles. The van der Waals surface area contributed by atoms with Crippen LogP contribution in [0.15, 0.2) is 40.0 Å². The summed E-state index contributed by atoms with van der Waals surface area (Å²) in [7, 11) is 1.64. The van der Waals surface area contributed by atoms with E-state index in [1.807, 2.05) is 35.8 Å². The highest BCUT2D eigenvalue weighted by Gasteiger charge is 2.25. The van der Waals surface area contributed by atoms with Gasteiger partial charge in [-0.2, -0.15) is 0 Å². The second kappa shape index (κ2) is 9.52. The van der Waals surface area contributed by atoms with Gasteiger partial charge >= 0.3 is 0 Å². The Morgan fingerprint density at radius 1 is 1.35 bits per heavy atom. The van der Waals surface area contributed by atoms with Crippen molar-refractivity contribution in [2.75, 3.05) is 19.0 Å². The molecule has 0 bridgehead atoms. The van der Waals surface area contributed by atoms with E-state index >= 15 is 0 Å². The third-order valence-electron chi connectivity index (χ3n) is 5.00. The Labute approximate surface area is 184 Å². The van der Waals surface area contributed by atoms with Gasteiger partial charge in [0.25, 0.3) is 0 Å². The largest absolute Gasteiger partial charge is 0.497 e. The fourth-order valence-electron chi connectivity index (χ4n) is 3.34. The van der Waals surface area contributed by atoms with E-state index < -0.39 is 5.25 Å². The number of anilines is 1. The van der Waals surface area contributed by atoms with Gasteiger partial charge in [-0.05, 0) is 51.0 Å². The van der Waals surface area contributed by atoms with E-state index in [2.05, 4.69) is 20.7 Å². The summed E-state index contributed by atoms with van der Waals surface area (Å²) < 4.78 is 18.2. The number of carbonyl (C=O) groups is 1. The summed E-state index contributed by atoms with van der Waals surface area (Å²) in [5.41, 5.74) is 1.63. The van der Waals surface area contributed by atoms with Crippen LogP contribution in [0.3, 0.4) is 0 Å². The number of amides is 1. The predicted octanol–water partition coefficient (Wildman–Crippen LogP) is 3.55. The van der Waals surface area contributed by atoms with Gasteiger partial charge in [0.2, 0.25) is 11.8 Å². The zero-order chi connectivity index (χ0) is 21.8. The van der Waals surface area contributed by atoms with Crippen molar-refractivity contribution >= 4 is 23.6 Å². The molecule has 0 spiro atoms. The predicted molar refractivity (Wildman–Crippen MR) is 116 cm³/mol. The van der Waals surface area contributed by atoms with Gasteiger partial charge in [-0.15, -0.1) is 10.2 Å². The van der Waals surface area contributed by atoms with Crippen LogP contribution in [-0.2, 0) is 16.1 Å². The molecule has 3 aromatic rings. The summed E-state index contributed by atoms with van der Waals surface area (Å²) in [5, 5.41) is 15.6. The summed E-state index contributed by atoms with van der Waals surface area (Å²) in [6.45, 7) is 5.02. The average Bonchev–Trinajstić information content (AvgIpc) is 3.51. The SMILES string of the molecule is COc1ccc(-c2nnc(S[C@@H](C)C(=O)Nc3cc(C)no3)n2C[C@H]2CCCO2)cc1. The summed E-state index contributed by atoms with van der Waals surface area (Å²) in [4.78, 5) is 12.6. The van der Waals surface area contributed by atoms with Crippen molar-refractivity contribution in [3.63, 3.8) is 0 Å². The maximum Gasteiger partial charge on any atom is 0.240 e. The van der Waals surface area contributed by atoms with Crippen LogP contribution in [0, 0.1) is 6.92 Å². The fraction of sp³-hybridized carbons (Fsp3) is 0.429. The molecule has 2 atom stereocenters. The van der Waals surface area contributed by atoms with Crippen LogP contribution in [0.2, 0.25) is 0 Å². The molecular weight excluding hydrogens is 418 g/mol. The Morgan fingerprint density at radius 3 is 2.81 bits per heavy atom. The minimum Gasteiger partial charge on any atom is -0.497 e. The van der Waals surface area contributed by atoms with Gasteiger partial charge in [0.15, 0.2) is 11.0 Å². The monoisotopic (exact) mass is 443 g/mol. The minimum absolute atomic E-state index is 0.105. The minimum atomic E-state index is -0.415. The number of nitrogens with one attached hydrogen (secondary N) is 1. The molecule has 1 aliphatic heterocycles. The fourth-order valence-corrected chi connectivity index (χ4v) is 4.20. The molecule has 1 aliphatic rings. The number of aromatic nitrogens is 4. The lowest BCUT2D eigenvalue weighted by atomic mass is 10.2. The van der Waals surface area contributed by atoms with E-state index in [1.165, 1.54) is 11.8 Å². The maximum absolute atomic E-state index is 12.6. The van der Waals surface area contributed by atoms with Crippen molar-refractivity contribution in [2.24, 2.45) is 0 Å². The summed E-state index contributed by atoms with van der Waals surface area (Å²) in [6.07, 6.45) is 2.14. The number of hydrogen-bond donors (Lipinski definition) is 1. The van der Waals surface area contributed by atoms with Gasteiger partial charge in [0.1, 0.15) is 5.75 Å². The first kappa shape index (κ1) is 21.4. The van der Waals surface area contributed by atoms with Gasteiger partial charge in [0.05, 0.1) is 30.7 Å². The van der Waals surface area contributed by atoms with Crippen molar-refractivity contribution < 1.29 is 18.8 Å². The molecule has 0 unspecified atom stereocenters. The number of carbonyl (C=O) groups excluding carboxylic acids is 1. The molecule has 10 heteroatoms. The smallest absolute Gasteiger partial charge is 0.240 e. The summed E-state index contributed by atoms with van der Waals surface area (Å²) >= 11 is 1.35. The third kappa shape index (κ3) is 5.08. The molecule has 1 fully saturated rings. The van der Waals surface area contributed by atoms with Crippen LogP contribution >= 0.6 is 11.8 Å². The number of thioether (sulfide) groups is 1. The number of hydrogen-bond acceptors (Lipinski definition) is 8. The van der Waals surface area contributed by atoms with Crippen molar-refractivity contribution in [1.82, 2.24) is 19.9 Å². The first-order valence-corrected chi connectivity index (χ1v) is 11.0. The highest BCUT2D eigenvalue weighted by Crippen LogP contribution is 2.30. The van der Waals surface area contributed by atoms with Crippen LogP contribution in [0.5, 0.6) is 5.75 Å². The Bertz CT molecular complexity index is 1030. The molecule has 0 aliphatic carbocycles. The summed E-state index contributed by atoms with van der Waals surface area (Å²) in [6, 6.07) is 9.36. The lowest BCUT2D eigenvalue weighted by molar-refractivity contribution is -0.115. The zero-order valence-electron chi connectivity index (χ0n) is 17.7. The lowest BCUT2D eigenvalue weighted by Gasteiger charge is -2.16. The van der Waals surface area contributed by atoms with Crippen LogP contribution in [-0.4, -0.2) is 50.9 Å². The lowest BCUT2D eigenvalue weighted by Crippen LogP contribution is -2.23. The highest BCUT2D eigenvalue weighted by atomic mass is 32.2. The first-order valence-electron chi connectivity index (χ1n) is 10.1. The second-order valence-electron chi connectivity index (χ2n) is 7.36. The number of methoxy groups -OCH3 is 1. The Balaban J connectivity index is 1.55. The van der Waals surface area contributed by atoms with Crippen molar-refractivity contribution in [2.45, 2.75) is 49.7 Å². The topological polar surface area (TPSA) is 104 Å². The van der Waals surface area contributed by atoms with E-state index in [0.29, 0.717) is 23.3 Å². The number of ether oxygens (including phenoxy) is 2. The van der Waals surface area contributed by atoms with Gasteiger partial charge in [-0.25, -0.2) is 0 Å². The molecular formula is C21H25N5O4S. The third-order valence-corrected chi connectivity index (χ3v) is 6.08. The molecule has 1 aromatic carbocycles. The molecule has 1 N–H and O–H groups in total. The Kier molecular flexibility index (Phi) is 6.57. The van der Waals surface area contributed by atoms with Gasteiger partial charge in [-0.3, -0.25) is 14.7 Å². The maximum atomic E-state index is 12.6. The van der Waals surface area contributed by atoms with E-state index in [1.54, 1.807) is 20.1 Å². The van der Waals surface area contributed by atoms with Crippen LogP contribution in [0.4, 0.5) is 5.88 Å². The van der Waals surface area contributed by atoms with E-state index in [0.717, 1.165) is 36.6 Å². The quantitative estimate of drug-likeness (QED) is 0.527. The first-order chi connectivity index (χ1) is 15.0. The number of aryl methyl sites for hydroxylation is 1. The van der Waals surface area contributed by atoms with Crippen molar-refractivity contribution in [3.05, 3.63) is 36.0 Å². The number of rotatable bonds is 8. The molecule has 3 heterocycles. The number of nitrogens with zero attached hydrogens (tertiary/aromatic N) is 4. The van der Waals surface area contributed by atoms with Crippen molar-refractivity contribution in [1.29, 1.82) is 0 Å². The highest BCUT2D eigenvalue weighted by molar-refractivity contribution is 8.00. The molecule has 1 amide bonds. The second-order valence-corrected chi connectivity index (χ2v) is 8.67. The molecule has 9 nitrogen and oxygen atoms in total. The summed E-state index contributed by atoms with van der Waals surface area (Å²) in [5.74, 6) is 1.64. The van der Waals surface area contributed by atoms with E-state index in [9.17, 15) is 4.79 Å². The normalized spacial score (nSPS) is 16.9. The molecule has 1 saturated heterocycles. The van der Waals surface area contributed by atoms with Crippen LogP contribution < -0.4 is 10.1 Å². The van der Waals surface area contributed by atoms with Gasteiger partial charge in [-0.1, -0.05) is 16.9 Å². The van der Waals surface area contributed by atoms with Gasteiger partial charge in [0, 0.05) is 18.2 Å². The standard InChI is InChI=1S/C21H25N5O4S/c1-13-11-18(30-25-13)22-20(27)14(2)31-21-24-23-19(15-6-8-16(28-3)9-7-15)26(21)12-17-5-4-10-29-17/h6-9,11,14,17H,4-5,10,12H2,1-3H3,(H,22,27)/t14-,17+/m0/s1. The molecule has 0 radical (unpaired) electrons. The van der Waals surface area contributed by atoms with E-state index in [-0.39, 0.29) is 12.0 Å². The van der Waals surface area contributed by atoms with Crippen LogP contribution in [0.1, 0.15) is 25.5 Å². The Hall–Kier alpha value is -2.85. The number of benzene rings is 1. The zero-order valence-corrected chi connectivity index (χ0v) is 18.5. The van der Waals surface area contributed by atoms with Crippen molar-refractivity contribution in [3.8, 4) is 17.1 Å². The Morgan fingerprint density at radius 2 is 2.16 bits per heavy atom. The van der Waals surface area contributed by atoms with Crippen LogP contribution in [0.25, 0.3) is 11.4 Å². The average molecular weight is 444 g/mol.